The molecule has 1 heterocycles. The van der Waals surface area contributed by atoms with Crippen LogP contribution in [0.5, 0.6) is 11.5 Å². The number of benzene rings is 2. The van der Waals surface area contributed by atoms with Crippen molar-refractivity contribution in [2.24, 2.45) is 0 Å². The normalized spacial score (nSPS) is 14.3. The molecule has 0 unspecified atom stereocenters. The van der Waals surface area contributed by atoms with Gasteiger partial charge in [-0.05, 0) is 41.8 Å². The van der Waals surface area contributed by atoms with E-state index in [4.69, 9.17) is 9.47 Å². The average molecular weight is 390 g/mol. The van der Waals surface area contributed by atoms with E-state index in [1.54, 1.807) is 18.2 Å². The van der Waals surface area contributed by atoms with Crippen LogP contribution in [-0.4, -0.2) is 45.7 Å². The summed E-state index contributed by atoms with van der Waals surface area (Å²) in [6, 6.07) is 10.7. The molecule has 0 bridgehead atoms. The summed E-state index contributed by atoms with van der Waals surface area (Å²) in [6.45, 7) is 0.770. The highest BCUT2D eigenvalue weighted by Crippen LogP contribution is 2.30. The molecule has 3 rings (SSSR count). The molecule has 0 aliphatic carbocycles. The van der Waals surface area contributed by atoms with Gasteiger partial charge in [-0.25, -0.2) is 8.42 Å². The lowest BCUT2D eigenvalue weighted by Crippen LogP contribution is -2.35. The highest BCUT2D eigenvalue weighted by molar-refractivity contribution is 7.88. The Morgan fingerprint density at radius 2 is 1.74 bits per heavy atom. The largest absolute Gasteiger partial charge is 0.496 e. The first-order valence-electron chi connectivity index (χ1n) is 8.42. The van der Waals surface area contributed by atoms with E-state index in [-0.39, 0.29) is 5.91 Å². The van der Waals surface area contributed by atoms with Crippen LogP contribution in [0.3, 0.4) is 0 Å². The zero-order valence-corrected chi connectivity index (χ0v) is 16.3. The SMILES string of the molecule is COc1cccc(OC)c1C(=O)Nc1ccc2c(c1)CN(S(C)(=O)=O)CC2. The summed E-state index contributed by atoms with van der Waals surface area (Å²) in [5.74, 6) is 0.459. The summed E-state index contributed by atoms with van der Waals surface area (Å²) in [6.07, 6.45) is 1.86. The number of amides is 1. The Balaban J connectivity index is 1.87. The van der Waals surface area contributed by atoms with E-state index in [1.807, 2.05) is 18.2 Å². The molecule has 0 radical (unpaired) electrons. The molecule has 0 saturated carbocycles. The Bertz CT molecular complexity index is 950. The van der Waals surface area contributed by atoms with Crippen LogP contribution < -0.4 is 14.8 Å². The van der Waals surface area contributed by atoms with Gasteiger partial charge in [0.25, 0.3) is 5.91 Å². The molecular weight excluding hydrogens is 368 g/mol. The highest BCUT2D eigenvalue weighted by Gasteiger charge is 2.24. The third kappa shape index (κ3) is 4.06. The maximum absolute atomic E-state index is 12.8. The van der Waals surface area contributed by atoms with E-state index in [0.717, 1.165) is 11.1 Å². The molecule has 1 amide bonds. The van der Waals surface area contributed by atoms with E-state index in [1.165, 1.54) is 24.8 Å². The van der Waals surface area contributed by atoms with Crippen molar-refractivity contribution in [2.75, 3.05) is 32.3 Å². The number of fused-ring (bicyclic) bond motifs is 1. The van der Waals surface area contributed by atoms with Crippen molar-refractivity contribution in [3.63, 3.8) is 0 Å². The predicted octanol–water partition coefficient (Wildman–Crippen LogP) is 2.27. The summed E-state index contributed by atoms with van der Waals surface area (Å²) >= 11 is 0. The van der Waals surface area contributed by atoms with Gasteiger partial charge in [0.1, 0.15) is 17.1 Å². The number of nitrogens with one attached hydrogen (secondary N) is 1. The number of anilines is 1. The Kier molecular flexibility index (Phi) is 5.38. The van der Waals surface area contributed by atoms with Gasteiger partial charge in [-0.1, -0.05) is 12.1 Å². The minimum atomic E-state index is -3.25. The summed E-state index contributed by atoms with van der Waals surface area (Å²) in [5, 5.41) is 2.84. The maximum atomic E-state index is 12.8. The van der Waals surface area contributed by atoms with E-state index in [9.17, 15) is 13.2 Å². The van der Waals surface area contributed by atoms with Crippen molar-refractivity contribution >= 4 is 21.6 Å². The maximum Gasteiger partial charge on any atom is 0.263 e. The van der Waals surface area contributed by atoms with Crippen LogP contribution in [0, 0.1) is 0 Å². The first-order valence-corrected chi connectivity index (χ1v) is 10.3. The molecule has 0 saturated heterocycles. The van der Waals surface area contributed by atoms with Crippen LogP contribution in [0.15, 0.2) is 36.4 Å². The second kappa shape index (κ2) is 7.58. The molecule has 8 heteroatoms. The molecule has 0 atom stereocenters. The van der Waals surface area contributed by atoms with Gasteiger partial charge in [-0.3, -0.25) is 4.79 Å². The van der Waals surface area contributed by atoms with E-state index in [2.05, 4.69) is 5.32 Å². The quantitative estimate of drug-likeness (QED) is 0.847. The van der Waals surface area contributed by atoms with Gasteiger partial charge in [0.2, 0.25) is 10.0 Å². The lowest BCUT2D eigenvalue weighted by Gasteiger charge is -2.27. The number of methoxy groups -OCH3 is 2. The molecule has 1 aliphatic rings. The zero-order chi connectivity index (χ0) is 19.6. The summed E-state index contributed by atoms with van der Waals surface area (Å²) in [7, 11) is -0.272. The average Bonchev–Trinajstić information content (AvgIpc) is 2.65. The molecule has 144 valence electrons. The van der Waals surface area contributed by atoms with Crippen LogP contribution in [0.4, 0.5) is 5.69 Å². The predicted molar refractivity (Wildman–Crippen MR) is 103 cm³/mol. The van der Waals surface area contributed by atoms with Gasteiger partial charge in [-0.2, -0.15) is 4.31 Å². The van der Waals surface area contributed by atoms with Crippen LogP contribution in [0.2, 0.25) is 0 Å². The van der Waals surface area contributed by atoms with Crippen molar-refractivity contribution in [2.45, 2.75) is 13.0 Å². The smallest absolute Gasteiger partial charge is 0.263 e. The fourth-order valence-corrected chi connectivity index (χ4v) is 3.96. The Morgan fingerprint density at radius 1 is 1.07 bits per heavy atom. The number of sulfonamides is 1. The van der Waals surface area contributed by atoms with Crippen LogP contribution >= 0.6 is 0 Å². The Labute approximate surface area is 158 Å². The first-order chi connectivity index (χ1) is 12.8. The molecule has 0 spiro atoms. The van der Waals surface area contributed by atoms with Gasteiger partial charge in [-0.15, -0.1) is 0 Å². The first kappa shape index (κ1) is 19.2. The van der Waals surface area contributed by atoms with Gasteiger partial charge >= 0.3 is 0 Å². The molecule has 2 aromatic rings. The molecule has 0 fully saturated rings. The molecule has 2 aromatic carbocycles. The number of nitrogens with zero attached hydrogens (tertiary/aromatic N) is 1. The van der Waals surface area contributed by atoms with Gasteiger partial charge in [0.05, 0.1) is 20.5 Å². The van der Waals surface area contributed by atoms with E-state index < -0.39 is 10.0 Å². The van der Waals surface area contributed by atoms with Crippen molar-refractivity contribution < 1.29 is 22.7 Å². The number of carbonyl (C=O) groups excluding carboxylic acids is 1. The Hall–Kier alpha value is -2.58. The molecular formula is C19H22N2O5S. The number of rotatable bonds is 5. The van der Waals surface area contributed by atoms with Gasteiger partial charge in [0, 0.05) is 18.8 Å². The third-order valence-corrected chi connectivity index (χ3v) is 5.81. The lowest BCUT2D eigenvalue weighted by molar-refractivity contribution is 0.102. The fraction of sp³-hybridized carbons (Fsp3) is 0.316. The monoisotopic (exact) mass is 390 g/mol. The van der Waals surface area contributed by atoms with Gasteiger partial charge in [0.15, 0.2) is 0 Å². The second-order valence-electron chi connectivity index (χ2n) is 6.32. The van der Waals surface area contributed by atoms with Crippen molar-refractivity contribution in [1.82, 2.24) is 4.31 Å². The molecule has 1 aliphatic heterocycles. The second-order valence-corrected chi connectivity index (χ2v) is 8.30. The molecule has 7 nitrogen and oxygen atoms in total. The summed E-state index contributed by atoms with van der Waals surface area (Å²) < 4.78 is 35.6. The Morgan fingerprint density at radius 3 is 2.33 bits per heavy atom. The van der Waals surface area contributed by atoms with Crippen LogP contribution in [-0.2, 0) is 23.0 Å². The minimum absolute atomic E-state index is 0.301. The van der Waals surface area contributed by atoms with E-state index >= 15 is 0 Å². The third-order valence-electron chi connectivity index (χ3n) is 4.57. The van der Waals surface area contributed by atoms with Crippen molar-refractivity contribution in [3.05, 3.63) is 53.1 Å². The van der Waals surface area contributed by atoms with E-state index in [0.29, 0.717) is 42.3 Å². The highest BCUT2D eigenvalue weighted by atomic mass is 32.2. The van der Waals surface area contributed by atoms with Crippen molar-refractivity contribution in [3.8, 4) is 11.5 Å². The fourth-order valence-electron chi connectivity index (χ4n) is 3.16. The number of hydrogen-bond donors (Lipinski definition) is 1. The number of carbonyl (C=O) groups is 1. The standard InChI is InChI=1S/C19H22N2O5S/c1-25-16-5-4-6-17(26-2)18(16)19(22)20-15-8-7-13-9-10-21(27(3,23)24)12-14(13)11-15/h4-8,11H,9-10,12H2,1-3H3,(H,20,22). The minimum Gasteiger partial charge on any atom is -0.496 e. The molecule has 0 aromatic heterocycles. The lowest BCUT2D eigenvalue weighted by atomic mass is 10.0. The summed E-state index contributed by atoms with van der Waals surface area (Å²) in [5.41, 5.74) is 2.86. The van der Waals surface area contributed by atoms with Gasteiger partial charge < -0.3 is 14.8 Å². The number of ether oxygens (including phenoxy) is 2. The topological polar surface area (TPSA) is 84.9 Å². The number of hydrogen-bond acceptors (Lipinski definition) is 5. The zero-order valence-electron chi connectivity index (χ0n) is 15.5. The molecule has 1 N–H and O–H groups in total. The molecule has 27 heavy (non-hydrogen) atoms. The summed E-state index contributed by atoms with van der Waals surface area (Å²) in [4.78, 5) is 12.8. The van der Waals surface area contributed by atoms with Crippen molar-refractivity contribution in [1.29, 1.82) is 0 Å². The van der Waals surface area contributed by atoms with Crippen LogP contribution in [0.1, 0.15) is 21.5 Å². The van der Waals surface area contributed by atoms with Crippen LogP contribution in [0.25, 0.3) is 0 Å².